The molecule has 1 unspecified atom stereocenters. The molecule has 0 bridgehead atoms. The lowest BCUT2D eigenvalue weighted by Crippen LogP contribution is -2.37. The normalized spacial score (nSPS) is 12.5. The van der Waals surface area contributed by atoms with Crippen LogP contribution in [0.25, 0.3) is 0 Å². The van der Waals surface area contributed by atoms with Crippen LogP contribution in [-0.4, -0.2) is 25.0 Å². The second-order valence-corrected chi connectivity index (χ2v) is 3.78. The molecule has 0 fully saturated rings. The minimum atomic E-state index is -0.636. The van der Waals surface area contributed by atoms with E-state index < -0.39 is 5.91 Å². The highest BCUT2D eigenvalue weighted by molar-refractivity contribution is 5.78. The average molecular weight is 217 g/mol. The van der Waals surface area contributed by atoms with E-state index in [1.54, 1.807) is 0 Å². The lowest BCUT2D eigenvalue weighted by Gasteiger charge is -2.15. The van der Waals surface area contributed by atoms with Gasteiger partial charge in [0, 0.05) is 6.54 Å². The molecule has 0 saturated heterocycles. The van der Waals surface area contributed by atoms with Gasteiger partial charge in [-0.3, -0.25) is 14.4 Å². The molecule has 0 aliphatic carbocycles. The van der Waals surface area contributed by atoms with E-state index in [-0.39, 0.29) is 25.0 Å². The number of hydrogen-bond donors (Lipinski definition) is 3. The standard InChI is InChI=1S/C9H19N3O3/c1-6(2)3-7(4-10)9(14)12-15-5-8(11)13/h6-7H,3-5,10H2,1-2H3,(H2,11,13)(H,12,14). The average Bonchev–Trinajstić information content (AvgIpc) is 2.13. The number of carbonyl (C=O) groups excluding carboxylic acids is 2. The summed E-state index contributed by atoms with van der Waals surface area (Å²) in [5.74, 6) is -0.866. The fourth-order valence-corrected chi connectivity index (χ4v) is 1.14. The predicted octanol–water partition coefficient (Wildman–Crippen LogP) is -0.859. The highest BCUT2D eigenvalue weighted by Gasteiger charge is 2.18. The molecule has 0 aliphatic rings. The van der Waals surface area contributed by atoms with Crippen molar-refractivity contribution in [1.29, 1.82) is 0 Å². The number of rotatable bonds is 7. The van der Waals surface area contributed by atoms with Crippen LogP contribution in [0.3, 0.4) is 0 Å². The summed E-state index contributed by atoms with van der Waals surface area (Å²) < 4.78 is 0. The van der Waals surface area contributed by atoms with Gasteiger partial charge in [0.2, 0.25) is 11.8 Å². The Labute approximate surface area is 89.3 Å². The first-order chi connectivity index (χ1) is 6.97. The SMILES string of the molecule is CC(C)CC(CN)C(=O)NOCC(N)=O. The molecule has 0 rings (SSSR count). The number of carbonyl (C=O) groups is 2. The third-order valence-corrected chi connectivity index (χ3v) is 1.80. The first-order valence-electron chi connectivity index (χ1n) is 4.87. The van der Waals surface area contributed by atoms with Gasteiger partial charge in [-0.1, -0.05) is 13.8 Å². The summed E-state index contributed by atoms with van der Waals surface area (Å²) in [6.45, 7) is 3.93. The van der Waals surface area contributed by atoms with Gasteiger partial charge in [-0.15, -0.1) is 0 Å². The van der Waals surface area contributed by atoms with E-state index in [2.05, 4.69) is 10.3 Å². The van der Waals surface area contributed by atoms with Crippen molar-refractivity contribution >= 4 is 11.8 Å². The number of nitrogens with one attached hydrogen (secondary N) is 1. The molecule has 0 aromatic heterocycles. The van der Waals surface area contributed by atoms with Crippen molar-refractivity contribution in [3.05, 3.63) is 0 Å². The zero-order valence-electron chi connectivity index (χ0n) is 9.16. The van der Waals surface area contributed by atoms with Crippen LogP contribution in [0.1, 0.15) is 20.3 Å². The first-order valence-corrected chi connectivity index (χ1v) is 4.87. The Morgan fingerprint density at radius 1 is 1.40 bits per heavy atom. The third-order valence-electron chi connectivity index (χ3n) is 1.80. The fraction of sp³-hybridized carbons (Fsp3) is 0.778. The van der Waals surface area contributed by atoms with Crippen LogP contribution in [0.15, 0.2) is 0 Å². The van der Waals surface area contributed by atoms with Gasteiger partial charge in [0.15, 0.2) is 6.61 Å². The Balaban J connectivity index is 3.88. The highest BCUT2D eigenvalue weighted by Crippen LogP contribution is 2.10. The molecule has 6 nitrogen and oxygen atoms in total. The number of nitrogens with two attached hydrogens (primary N) is 2. The maximum atomic E-state index is 11.4. The summed E-state index contributed by atoms with van der Waals surface area (Å²) in [7, 11) is 0. The molecule has 6 heteroatoms. The molecule has 2 amide bonds. The van der Waals surface area contributed by atoms with E-state index in [9.17, 15) is 9.59 Å². The Bertz CT molecular complexity index is 219. The predicted molar refractivity (Wildman–Crippen MR) is 55.3 cm³/mol. The summed E-state index contributed by atoms with van der Waals surface area (Å²) >= 11 is 0. The summed E-state index contributed by atoms with van der Waals surface area (Å²) in [6, 6.07) is 0. The second kappa shape index (κ2) is 7.19. The van der Waals surface area contributed by atoms with Crippen LogP contribution in [0.2, 0.25) is 0 Å². The molecule has 88 valence electrons. The minimum Gasteiger partial charge on any atom is -0.368 e. The van der Waals surface area contributed by atoms with E-state index in [0.717, 1.165) is 0 Å². The molecule has 0 heterocycles. The molecule has 5 N–H and O–H groups in total. The highest BCUT2D eigenvalue weighted by atomic mass is 16.7. The summed E-state index contributed by atoms with van der Waals surface area (Å²) in [5.41, 5.74) is 12.4. The lowest BCUT2D eigenvalue weighted by atomic mass is 9.97. The molecule has 0 aliphatic heterocycles. The van der Waals surface area contributed by atoms with E-state index in [4.69, 9.17) is 11.5 Å². The molecule has 0 saturated carbocycles. The molecular formula is C9H19N3O3. The maximum absolute atomic E-state index is 11.4. The largest absolute Gasteiger partial charge is 0.368 e. The quantitative estimate of drug-likeness (QED) is 0.482. The van der Waals surface area contributed by atoms with Crippen LogP contribution in [0, 0.1) is 11.8 Å². The van der Waals surface area contributed by atoms with Crippen molar-refractivity contribution < 1.29 is 14.4 Å². The number of hydroxylamine groups is 1. The summed E-state index contributed by atoms with van der Waals surface area (Å²) in [6.07, 6.45) is 0.683. The van der Waals surface area contributed by atoms with Gasteiger partial charge in [0.1, 0.15) is 0 Å². The van der Waals surface area contributed by atoms with E-state index in [0.29, 0.717) is 12.3 Å². The Morgan fingerprint density at radius 2 is 2.00 bits per heavy atom. The van der Waals surface area contributed by atoms with Crippen LogP contribution in [-0.2, 0) is 14.4 Å². The van der Waals surface area contributed by atoms with E-state index in [1.165, 1.54) is 0 Å². The Kier molecular flexibility index (Phi) is 6.64. The zero-order valence-corrected chi connectivity index (χ0v) is 9.16. The van der Waals surface area contributed by atoms with Crippen LogP contribution in [0.4, 0.5) is 0 Å². The first kappa shape index (κ1) is 13.9. The molecule has 0 radical (unpaired) electrons. The molecule has 0 aromatic carbocycles. The molecule has 15 heavy (non-hydrogen) atoms. The minimum absolute atomic E-state index is 0.254. The van der Waals surface area contributed by atoms with Crippen molar-refractivity contribution in [2.24, 2.45) is 23.3 Å². The molecular weight excluding hydrogens is 198 g/mol. The monoisotopic (exact) mass is 217 g/mol. The number of hydrogen-bond acceptors (Lipinski definition) is 4. The Hall–Kier alpha value is -1.14. The van der Waals surface area contributed by atoms with Gasteiger partial charge in [-0.2, -0.15) is 0 Å². The van der Waals surface area contributed by atoms with Crippen molar-refractivity contribution in [2.45, 2.75) is 20.3 Å². The van der Waals surface area contributed by atoms with Gasteiger partial charge in [-0.05, 0) is 12.3 Å². The van der Waals surface area contributed by atoms with Crippen molar-refractivity contribution in [1.82, 2.24) is 5.48 Å². The van der Waals surface area contributed by atoms with Crippen LogP contribution >= 0.6 is 0 Å². The topological polar surface area (TPSA) is 107 Å². The van der Waals surface area contributed by atoms with Gasteiger partial charge in [0.05, 0.1) is 5.92 Å². The fourth-order valence-electron chi connectivity index (χ4n) is 1.14. The smallest absolute Gasteiger partial charge is 0.247 e. The second-order valence-electron chi connectivity index (χ2n) is 3.78. The third kappa shape index (κ3) is 6.87. The number of amides is 2. The van der Waals surface area contributed by atoms with Gasteiger partial charge in [0.25, 0.3) is 0 Å². The summed E-state index contributed by atoms with van der Waals surface area (Å²) in [4.78, 5) is 26.3. The molecule has 0 spiro atoms. The molecule has 1 atom stereocenters. The van der Waals surface area contributed by atoms with Gasteiger partial charge < -0.3 is 11.5 Å². The van der Waals surface area contributed by atoms with Gasteiger partial charge >= 0.3 is 0 Å². The lowest BCUT2D eigenvalue weighted by molar-refractivity contribution is -0.141. The van der Waals surface area contributed by atoms with E-state index >= 15 is 0 Å². The van der Waals surface area contributed by atoms with Crippen molar-refractivity contribution in [3.63, 3.8) is 0 Å². The van der Waals surface area contributed by atoms with E-state index in [1.807, 2.05) is 13.8 Å². The van der Waals surface area contributed by atoms with Crippen molar-refractivity contribution in [3.8, 4) is 0 Å². The van der Waals surface area contributed by atoms with Gasteiger partial charge in [-0.25, -0.2) is 5.48 Å². The zero-order chi connectivity index (χ0) is 11.8. The molecule has 0 aromatic rings. The maximum Gasteiger partial charge on any atom is 0.247 e. The Morgan fingerprint density at radius 3 is 2.40 bits per heavy atom. The van der Waals surface area contributed by atoms with Crippen molar-refractivity contribution in [2.75, 3.05) is 13.2 Å². The van der Waals surface area contributed by atoms with Crippen LogP contribution < -0.4 is 16.9 Å². The van der Waals surface area contributed by atoms with Crippen LogP contribution in [0.5, 0.6) is 0 Å². The summed E-state index contributed by atoms with van der Waals surface area (Å²) in [5, 5.41) is 0. The number of primary amides is 1.